The molecule has 0 radical (unpaired) electrons. The van der Waals surface area contributed by atoms with E-state index < -0.39 is 0 Å². The van der Waals surface area contributed by atoms with Gasteiger partial charge in [0.05, 0.1) is 6.61 Å². The molecule has 0 aliphatic heterocycles. The van der Waals surface area contributed by atoms with Crippen molar-refractivity contribution in [3.63, 3.8) is 0 Å². The molecule has 0 spiro atoms. The number of unbranched alkanes of at least 4 members (excludes halogenated alkanes) is 3. The number of aryl methyl sites for hydroxylation is 2. The predicted octanol–water partition coefficient (Wildman–Crippen LogP) is 3.77. The van der Waals surface area contributed by atoms with E-state index in [0.29, 0.717) is 0 Å². The van der Waals surface area contributed by atoms with Gasteiger partial charge in [-0.3, -0.25) is 0 Å². The Hall–Kier alpha value is -1.02. The second-order valence-electron chi connectivity index (χ2n) is 5.02. The third-order valence-corrected chi connectivity index (χ3v) is 3.44. The maximum absolute atomic E-state index is 5.94. The molecule has 0 atom stereocenters. The van der Waals surface area contributed by atoms with Crippen molar-refractivity contribution in [2.24, 2.45) is 0 Å². The van der Waals surface area contributed by atoms with E-state index >= 15 is 0 Å². The minimum atomic E-state index is 0.838. The second kappa shape index (κ2) is 8.15. The van der Waals surface area contributed by atoms with Gasteiger partial charge in [-0.1, -0.05) is 25.0 Å². The van der Waals surface area contributed by atoms with Crippen molar-refractivity contribution >= 4 is 0 Å². The average Bonchev–Trinajstić information content (AvgIpc) is 2.36. The van der Waals surface area contributed by atoms with Gasteiger partial charge in [-0.15, -0.1) is 0 Å². The van der Waals surface area contributed by atoms with E-state index in [4.69, 9.17) is 4.74 Å². The molecule has 0 saturated carbocycles. The van der Waals surface area contributed by atoms with Gasteiger partial charge < -0.3 is 10.1 Å². The van der Waals surface area contributed by atoms with Crippen LogP contribution in [0.5, 0.6) is 5.75 Å². The lowest BCUT2D eigenvalue weighted by Gasteiger charge is -2.13. The number of ether oxygens (including phenoxy) is 1. The Balaban J connectivity index is 2.29. The SMILES string of the molecule is CNCCCCCCOc1c(C)ccc(C)c1C. The Bertz CT molecular complexity index is 360. The summed E-state index contributed by atoms with van der Waals surface area (Å²) < 4.78 is 5.94. The Morgan fingerprint density at radius 3 is 2.33 bits per heavy atom. The summed E-state index contributed by atoms with van der Waals surface area (Å²) in [6.07, 6.45) is 4.96. The van der Waals surface area contributed by atoms with Crippen molar-refractivity contribution in [1.29, 1.82) is 0 Å². The maximum atomic E-state index is 5.94. The molecular weight excluding hydrogens is 222 g/mol. The summed E-state index contributed by atoms with van der Waals surface area (Å²) in [5, 5.41) is 3.17. The molecule has 1 aromatic carbocycles. The van der Waals surface area contributed by atoms with Gasteiger partial charge in [0.1, 0.15) is 5.75 Å². The molecule has 18 heavy (non-hydrogen) atoms. The van der Waals surface area contributed by atoms with E-state index in [-0.39, 0.29) is 0 Å². The lowest BCUT2D eigenvalue weighted by molar-refractivity contribution is 0.300. The first kappa shape index (κ1) is 15.0. The molecule has 102 valence electrons. The quantitative estimate of drug-likeness (QED) is 0.708. The van der Waals surface area contributed by atoms with Gasteiger partial charge in [0.15, 0.2) is 0 Å². The van der Waals surface area contributed by atoms with Crippen LogP contribution in [0.25, 0.3) is 0 Å². The molecule has 0 amide bonds. The molecule has 1 N–H and O–H groups in total. The highest BCUT2D eigenvalue weighted by atomic mass is 16.5. The van der Waals surface area contributed by atoms with Gasteiger partial charge in [0.2, 0.25) is 0 Å². The van der Waals surface area contributed by atoms with E-state index in [0.717, 1.165) is 25.3 Å². The molecule has 0 bridgehead atoms. The van der Waals surface area contributed by atoms with Crippen molar-refractivity contribution < 1.29 is 4.74 Å². The summed E-state index contributed by atoms with van der Waals surface area (Å²) in [5.41, 5.74) is 3.84. The van der Waals surface area contributed by atoms with Crippen molar-refractivity contribution in [2.45, 2.75) is 46.5 Å². The molecule has 0 fully saturated rings. The summed E-state index contributed by atoms with van der Waals surface area (Å²) in [6, 6.07) is 4.31. The van der Waals surface area contributed by atoms with E-state index in [2.05, 4.69) is 38.2 Å². The van der Waals surface area contributed by atoms with Crippen molar-refractivity contribution in [1.82, 2.24) is 5.32 Å². The van der Waals surface area contributed by atoms with Gasteiger partial charge in [-0.2, -0.15) is 0 Å². The zero-order valence-electron chi connectivity index (χ0n) is 12.3. The molecule has 0 unspecified atom stereocenters. The van der Waals surface area contributed by atoms with Crippen LogP contribution in [0.2, 0.25) is 0 Å². The molecule has 0 aromatic heterocycles. The van der Waals surface area contributed by atoms with E-state index in [1.807, 2.05) is 7.05 Å². The van der Waals surface area contributed by atoms with Gasteiger partial charge in [0.25, 0.3) is 0 Å². The fourth-order valence-corrected chi connectivity index (χ4v) is 2.08. The van der Waals surface area contributed by atoms with Crippen LogP contribution in [-0.4, -0.2) is 20.2 Å². The lowest BCUT2D eigenvalue weighted by Crippen LogP contribution is -2.07. The summed E-state index contributed by atoms with van der Waals surface area (Å²) in [4.78, 5) is 0. The van der Waals surface area contributed by atoms with Gasteiger partial charge in [0, 0.05) is 0 Å². The van der Waals surface area contributed by atoms with Crippen LogP contribution in [0.3, 0.4) is 0 Å². The number of rotatable bonds is 8. The van der Waals surface area contributed by atoms with Crippen molar-refractivity contribution in [3.05, 3.63) is 28.8 Å². The van der Waals surface area contributed by atoms with Crippen LogP contribution in [0, 0.1) is 20.8 Å². The van der Waals surface area contributed by atoms with Crippen LogP contribution in [-0.2, 0) is 0 Å². The van der Waals surface area contributed by atoms with Crippen LogP contribution in [0.15, 0.2) is 12.1 Å². The number of nitrogens with one attached hydrogen (secondary N) is 1. The van der Waals surface area contributed by atoms with Crippen molar-refractivity contribution in [3.8, 4) is 5.75 Å². The fraction of sp³-hybridized carbons (Fsp3) is 0.625. The Morgan fingerprint density at radius 2 is 1.61 bits per heavy atom. The minimum absolute atomic E-state index is 0.838. The van der Waals surface area contributed by atoms with Crippen LogP contribution in [0.4, 0.5) is 0 Å². The summed E-state index contributed by atoms with van der Waals surface area (Å²) in [7, 11) is 2.01. The lowest BCUT2D eigenvalue weighted by atomic mass is 10.1. The Labute approximate surface area is 112 Å². The molecule has 1 rings (SSSR count). The molecule has 1 aromatic rings. The highest BCUT2D eigenvalue weighted by Gasteiger charge is 2.05. The molecule has 0 aliphatic carbocycles. The highest BCUT2D eigenvalue weighted by Crippen LogP contribution is 2.25. The number of benzene rings is 1. The zero-order chi connectivity index (χ0) is 13.4. The Kier molecular flexibility index (Phi) is 6.81. The third-order valence-electron chi connectivity index (χ3n) is 3.44. The second-order valence-corrected chi connectivity index (χ2v) is 5.02. The summed E-state index contributed by atoms with van der Waals surface area (Å²) >= 11 is 0. The van der Waals surface area contributed by atoms with Crippen LogP contribution < -0.4 is 10.1 Å². The fourth-order valence-electron chi connectivity index (χ4n) is 2.08. The third kappa shape index (κ3) is 4.69. The Morgan fingerprint density at radius 1 is 0.944 bits per heavy atom. The van der Waals surface area contributed by atoms with Crippen LogP contribution in [0.1, 0.15) is 42.4 Å². The van der Waals surface area contributed by atoms with E-state index in [1.165, 1.54) is 36.0 Å². The standard InChI is InChI=1S/C16H27NO/c1-13-9-10-14(2)16(15(13)3)18-12-8-6-5-7-11-17-4/h9-10,17H,5-8,11-12H2,1-4H3. The predicted molar refractivity (Wildman–Crippen MR) is 78.5 cm³/mol. The number of hydrogen-bond donors (Lipinski definition) is 1. The van der Waals surface area contributed by atoms with E-state index in [1.54, 1.807) is 0 Å². The molecule has 0 saturated heterocycles. The highest BCUT2D eigenvalue weighted by molar-refractivity contribution is 5.44. The first-order valence-electron chi connectivity index (χ1n) is 7.01. The molecule has 0 aliphatic rings. The first-order valence-corrected chi connectivity index (χ1v) is 7.01. The summed E-state index contributed by atoms with van der Waals surface area (Å²) in [5.74, 6) is 1.09. The number of hydrogen-bond acceptors (Lipinski definition) is 2. The van der Waals surface area contributed by atoms with E-state index in [9.17, 15) is 0 Å². The van der Waals surface area contributed by atoms with Gasteiger partial charge >= 0.3 is 0 Å². The molecule has 0 heterocycles. The monoisotopic (exact) mass is 249 g/mol. The summed E-state index contributed by atoms with van der Waals surface area (Å²) in [6.45, 7) is 8.36. The average molecular weight is 249 g/mol. The van der Waals surface area contributed by atoms with Gasteiger partial charge in [-0.25, -0.2) is 0 Å². The van der Waals surface area contributed by atoms with Crippen LogP contribution >= 0.6 is 0 Å². The minimum Gasteiger partial charge on any atom is -0.493 e. The first-order chi connectivity index (χ1) is 8.66. The smallest absolute Gasteiger partial charge is 0.125 e. The molecule has 2 nitrogen and oxygen atoms in total. The van der Waals surface area contributed by atoms with Gasteiger partial charge in [-0.05, 0) is 63.9 Å². The largest absolute Gasteiger partial charge is 0.493 e. The molecular formula is C16H27NO. The molecule has 2 heteroatoms. The zero-order valence-corrected chi connectivity index (χ0v) is 12.3. The van der Waals surface area contributed by atoms with Crippen molar-refractivity contribution in [2.75, 3.05) is 20.2 Å². The topological polar surface area (TPSA) is 21.3 Å². The maximum Gasteiger partial charge on any atom is 0.125 e. The normalized spacial score (nSPS) is 10.7.